The molecule has 1 aromatic carbocycles. The summed E-state index contributed by atoms with van der Waals surface area (Å²) in [6, 6.07) is 4.67. The third-order valence-electron chi connectivity index (χ3n) is 3.14. The maximum absolute atomic E-state index is 13.2. The Morgan fingerprint density at radius 1 is 1.44 bits per heavy atom. The van der Waals surface area contributed by atoms with Crippen LogP contribution in [0.3, 0.4) is 0 Å². The molecule has 6 heteroatoms. The fraction of sp³-hybridized carbons (Fsp3) is 0.500. The molecule has 1 saturated heterocycles. The van der Waals surface area contributed by atoms with Gasteiger partial charge in [0.25, 0.3) is 0 Å². The quantitative estimate of drug-likeness (QED) is 0.921. The minimum Gasteiger partial charge on any atom is -0.306 e. The second kappa shape index (κ2) is 4.90. The molecular weight excluding hydrogens is 321 g/mol. The molecule has 0 bridgehead atoms. The SMILES string of the molecule is CC1(NCc2cc(F)cc(Br)c2)CCS(=O)(=O)C1. The second-order valence-corrected chi connectivity index (χ2v) is 8.13. The van der Waals surface area contributed by atoms with E-state index in [4.69, 9.17) is 0 Å². The molecule has 0 radical (unpaired) electrons. The van der Waals surface area contributed by atoms with Gasteiger partial charge in [0.15, 0.2) is 9.84 Å². The highest BCUT2D eigenvalue weighted by Crippen LogP contribution is 2.23. The summed E-state index contributed by atoms with van der Waals surface area (Å²) >= 11 is 3.23. The van der Waals surface area contributed by atoms with Gasteiger partial charge in [0.2, 0.25) is 0 Å². The van der Waals surface area contributed by atoms with Gasteiger partial charge in [0.05, 0.1) is 11.5 Å². The van der Waals surface area contributed by atoms with E-state index >= 15 is 0 Å². The summed E-state index contributed by atoms with van der Waals surface area (Å²) in [5.41, 5.74) is 0.393. The highest BCUT2D eigenvalue weighted by Gasteiger charge is 2.37. The first-order chi connectivity index (χ1) is 8.28. The Morgan fingerprint density at radius 3 is 2.72 bits per heavy atom. The van der Waals surface area contributed by atoms with Crippen molar-refractivity contribution in [2.75, 3.05) is 11.5 Å². The molecule has 2 rings (SSSR count). The van der Waals surface area contributed by atoms with E-state index < -0.39 is 15.4 Å². The first-order valence-corrected chi connectivity index (χ1v) is 8.30. The topological polar surface area (TPSA) is 46.2 Å². The summed E-state index contributed by atoms with van der Waals surface area (Å²) in [6.45, 7) is 2.36. The van der Waals surface area contributed by atoms with Crippen LogP contribution >= 0.6 is 15.9 Å². The minimum atomic E-state index is -2.92. The van der Waals surface area contributed by atoms with E-state index in [0.717, 1.165) is 5.56 Å². The lowest BCUT2D eigenvalue weighted by molar-refractivity contribution is 0.395. The van der Waals surface area contributed by atoms with Crippen molar-refractivity contribution in [2.45, 2.75) is 25.4 Å². The van der Waals surface area contributed by atoms with E-state index in [-0.39, 0.29) is 17.3 Å². The normalized spacial score (nSPS) is 26.4. The fourth-order valence-corrected chi connectivity index (χ4v) is 4.81. The predicted octanol–water partition coefficient (Wildman–Crippen LogP) is 2.25. The van der Waals surface area contributed by atoms with Crippen LogP contribution in [0.2, 0.25) is 0 Å². The molecule has 100 valence electrons. The molecule has 1 aliphatic rings. The molecule has 1 heterocycles. The Kier molecular flexibility index (Phi) is 3.80. The van der Waals surface area contributed by atoms with Gasteiger partial charge in [-0.25, -0.2) is 12.8 Å². The molecule has 1 fully saturated rings. The van der Waals surface area contributed by atoms with Gasteiger partial charge in [-0.1, -0.05) is 15.9 Å². The van der Waals surface area contributed by atoms with Crippen LogP contribution in [0.25, 0.3) is 0 Å². The lowest BCUT2D eigenvalue weighted by Crippen LogP contribution is -2.42. The van der Waals surface area contributed by atoms with Crippen molar-refractivity contribution >= 4 is 25.8 Å². The van der Waals surface area contributed by atoms with Gasteiger partial charge in [-0.05, 0) is 37.1 Å². The van der Waals surface area contributed by atoms with Crippen LogP contribution < -0.4 is 5.32 Å². The van der Waals surface area contributed by atoms with Gasteiger partial charge in [0, 0.05) is 16.6 Å². The van der Waals surface area contributed by atoms with Crippen LogP contribution in [0.15, 0.2) is 22.7 Å². The Bertz CT molecular complexity index is 541. The van der Waals surface area contributed by atoms with E-state index in [1.54, 1.807) is 0 Å². The van der Waals surface area contributed by atoms with Gasteiger partial charge in [0.1, 0.15) is 5.82 Å². The lowest BCUT2D eigenvalue weighted by atomic mass is 10.0. The summed E-state index contributed by atoms with van der Waals surface area (Å²) in [5, 5.41) is 3.22. The first-order valence-electron chi connectivity index (χ1n) is 5.68. The standard InChI is InChI=1S/C12H15BrFNO2S/c1-12(2-3-18(16,17)8-12)15-7-9-4-10(13)6-11(14)5-9/h4-6,15H,2-3,7-8H2,1H3. The second-order valence-electron chi connectivity index (χ2n) is 5.03. The van der Waals surface area contributed by atoms with Gasteiger partial charge >= 0.3 is 0 Å². The van der Waals surface area contributed by atoms with Crippen LogP contribution in [-0.2, 0) is 16.4 Å². The number of sulfone groups is 1. The van der Waals surface area contributed by atoms with E-state index in [2.05, 4.69) is 21.2 Å². The molecule has 0 spiro atoms. The predicted molar refractivity (Wildman–Crippen MR) is 72.6 cm³/mol. The van der Waals surface area contributed by atoms with Gasteiger partial charge in [-0.2, -0.15) is 0 Å². The number of halogens is 2. The summed E-state index contributed by atoms with van der Waals surface area (Å²) < 4.78 is 36.8. The average Bonchev–Trinajstić information content (AvgIpc) is 2.50. The van der Waals surface area contributed by atoms with E-state index in [1.807, 2.05) is 13.0 Å². The molecule has 1 atom stereocenters. The Balaban J connectivity index is 2.04. The molecule has 3 nitrogen and oxygen atoms in total. The van der Waals surface area contributed by atoms with Crippen molar-refractivity contribution in [2.24, 2.45) is 0 Å². The van der Waals surface area contributed by atoms with Crippen LogP contribution in [-0.4, -0.2) is 25.5 Å². The fourth-order valence-electron chi connectivity index (χ4n) is 2.18. The molecule has 1 aliphatic heterocycles. The zero-order chi connectivity index (χ0) is 13.4. The van der Waals surface area contributed by atoms with Crippen LogP contribution in [0, 0.1) is 5.82 Å². The van der Waals surface area contributed by atoms with Gasteiger partial charge in [-0.3, -0.25) is 0 Å². The Morgan fingerprint density at radius 2 is 2.17 bits per heavy atom. The monoisotopic (exact) mass is 335 g/mol. The minimum absolute atomic E-state index is 0.149. The summed E-state index contributed by atoms with van der Waals surface area (Å²) in [6.07, 6.45) is 0.603. The van der Waals surface area contributed by atoms with Crippen molar-refractivity contribution in [1.82, 2.24) is 5.32 Å². The van der Waals surface area contributed by atoms with Crippen molar-refractivity contribution in [3.63, 3.8) is 0 Å². The van der Waals surface area contributed by atoms with E-state index in [9.17, 15) is 12.8 Å². The molecule has 0 amide bonds. The molecular formula is C12H15BrFNO2S. The van der Waals surface area contributed by atoms with Gasteiger partial charge < -0.3 is 5.32 Å². The van der Waals surface area contributed by atoms with Crippen molar-refractivity contribution in [3.8, 4) is 0 Å². The zero-order valence-electron chi connectivity index (χ0n) is 10.0. The smallest absolute Gasteiger partial charge is 0.152 e. The zero-order valence-corrected chi connectivity index (χ0v) is 12.4. The average molecular weight is 336 g/mol. The van der Waals surface area contributed by atoms with Crippen molar-refractivity contribution in [3.05, 3.63) is 34.1 Å². The molecule has 0 saturated carbocycles. The third kappa shape index (κ3) is 3.52. The number of benzene rings is 1. The number of hydrogen-bond acceptors (Lipinski definition) is 3. The van der Waals surface area contributed by atoms with E-state index in [1.165, 1.54) is 12.1 Å². The highest BCUT2D eigenvalue weighted by molar-refractivity contribution is 9.10. The highest BCUT2D eigenvalue weighted by atomic mass is 79.9. The van der Waals surface area contributed by atoms with Gasteiger partial charge in [-0.15, -0.1) is 0 Å². The largest absolute Gasteiger partial charge is 0.306 e. The number of hydrogen-bond donors (Lipinski definition) is 1. The maximum Gasteiger partial charge on any atom is 0.152 e. The number of rotatable bonds is 3. The van der Waals surface area contributed by atoms with Crippen molar-refractivity contribution in [1.29, 1.82) is 0 Å². The molecule has 0 aliphatic carbocycles. The third-order valence-corrected chi connectivity index (χ3v) is 5.51. The maximum atomic E-state index is 13.2. The first kappa shape index (κ1) is 14.0. The molecule has 18 heavy (non-hydrogen) atoms. The van der Waals surface area contributed by atoms with Crippen LogP contribution in [0.5, 0.6) is 0 Å². The Hall–Kier alpha value is -0.460. The molecule has 1 unspecified atom stereocenters. The summed E-state index contributed by atoms with van der Waals surface area (Å²) in [7, 11) is -2.92. The molecule has 1 aromatic rings. The molecule has 0 aromatic heterocycles. The van der Waals surface area contributed by atoms with Crippen LogP contribution in [0.4, 0.5) is 4.39 Å². The summed E-state index contributed by atoms with van der Waals surface area (Å²) in [4.78, 5) is 0. The molecule has 1 N–H and O–H groups in total. The lowest BCUT2D eigenvalue weighted by Gasteiger charge is -2.24. The van der Waals surface area contributed by atoms with Crippen molar-refractivity contribution < 1.29 is 12.8 Å². The van der Waals surface area contributed by atoms with E-state index in [0.29, 0.717) is 17.4 Å². The number of nitrogens with one attached hydrogen (secondary N) is 1. The summed E-state index contributed by atoms with van der Waals surface area (Å²) in [5.74, 6) is 0.0743. The Labute approximate surface area is 115 Å². The van der Waals surface area contributed by atoms with Crippen LogP contribution in [0.1, 0.15) is 18.9 Å².